The summed E-state index contributed by atoms with van der Waals surface area (Å²) < 4.78 is 18.2. The highest BCUT2D eigenvalue weighted by atomic mass is 32.1. The Morgan fingerprint density at radius 2 is 1.55 bits per heavy atom. The van der Waals surface area contributed by atoms with Gasteiger partial charge in [-0.05, 0) is 147 Å². The summed E-state index contributed by atoms with van der Waals surface area (Å²) >= 11 is 4.35. The minimum Gasteiger partial charge on any atom is -0.455 e. The quantitative estimate of drug-likeness (QED) is 0.0340. The Labute approximate surface area is 411 Å². The van der Waals surface area contributed by atoms with Crippen molar-refractivity contribution in [2.24, 2.45) is 34.5 Å². The van der Waals surface area contributed by atoms with Crippen LogP contribution in [-0.4, -0.2) is 129 Å². The monoisotopic (exact) mass is 984 g/mol. The number of ether oxygens (including phenoxy) is 3. The number of cyclic esters (lactones) is 1. The molecule has 8 rings (SSSR count). The lowest BCUT2D eigenvalue weighted by Gasteiger charge is -2.63. The molecule has 8 N–H and O–H groups in total. The van der Waals surface area contributed by atoms with E-state index in [4.69, 9.17) is 14.2 Å². The predicted octanol–water partition coefficient (Wildman–Crippen LogP) is 4.21. The van der Waals surface area contributed by atoms with E-state index in [0.29, 0.717) is 81.3 Å². The number of alkyl carbamates (subject to hydrolysis) is 1. The van der Waals surface area contributed by atoms with Crippen molar-refractivity contribution in [2.75, 3.05) is 25.4 Å². The molecule has 8 aliphatic rings. The molecular formula is C51H77N5O12S. The topological polar surface area (TPSA) is 254 Å². The van der Waals surface area contributed by atoms with Gasteiger partial charge in [-0.2, -0.15) is 12.6 Å². The van der Waals surface area contributed by atoms with Gasteiger partial charge in [0.05, 0.1) is 29.2 Å². The number of carbonyl (C=O) groups is 6. The van der Waals surface area contributed by atoms with Gasteiger partial charge in [0.1, 0.15) is 22.9 Å². The molecule has 3 heterocycles. The Bertz CT molecular complexity index is 2100. The first-order valence-electron chi connectivity index (χ1n) is 25.8. The number of allylic oxidation sites excluding steroid dienone is 1. The highest BCUT2D eigenvalue weighted by Crippen LogP contribution is 2.75. The molecule has 0 aromatic rings. The van der Waals surface area contributed by atoms with Crippen LogP contribution in [0, 0.1) is 34.5 Å². The van der Waals surface area contributed by atoms with Crippen LogP contribution in [-0.2, 0) is 33.4 Å². The van der Waals surface area contributed by atoms with Crippen LogP contribution in [0.4, 0.5) is 9.59 Å². The van der Waals surface area contributed by atoms with Gasteiger partial charge >= 0.3 is 18.1 Å². The van der Waals surface area contributed by atoms with Crippen LogP contribution in [0.15, 0.2) is 23.3 Å². The fraction of sp³-hybridized carbons (Fsp3) is 0.804. The third-order valence-electron chi connectivity index (χ3n) is 18.8. The number of urea groups is 1. The number of carbonyl (C=O) groups excluding carboxylic acids is 6. The molecule has 5 amide bonds. The lowest BCUT2D eigenvalue weighted by molar-refractivity contribution is -0.283. The number of epoxide rings is 1. The van der Waals surface area contributed by atoms with Gasteiger partial charge in [0.2, 0.25) is 11.8 Å². The van der Waals surface area contributed by atoms with Crippen molar-refractivity contribution in [3.8, 4) is 0 Å². The van der Waals surface area contributed by atoms with E-state index in [1.807, 2.05) is 20.8 Å². The molecule has 0 aromatic carbocycles. The number of fused-ring (bicyclic) bond motifs is 4. The number of hydrogen-bond acceptors (Lipinski definition) is 13. The van der Waals surface area contributed by atoms with Crippen molar-refractivity contribution in [1.29, 1.82) is 0 Å². The van der Waals surface area contributed by atoms with E-state index in [0.717, 1.165) is 56.9 Å². The SMILES string of the molecule is CC1=C(C)C(=O)OC(C(C)(O)[C@]2(O)CC[C@@]3(O)[C@@H]4C[C@H]5O[C@]56[C@@H](OC(=O)NCCCCCNC(=O)CCCCCNC(=O)CCCC5CC5C5NC(=O)NC5CS)C=CC(=O)[C@]6(C)[C@H]4CC[C@@]32C)C1. The number of ketones is 1. The first kappa shape index (κ1) is 51.6. The molecule has 15 atom stereocenters. The Hall–Kier alpha value is -3.71. The van der Waals surface area contributed by atoms with E-state index in [2.05, 4.69) is 39.2 Å². The molecule has 0 aromatic heterocycles. The summed E-state index contributed by atoms with van der Waals surface area (Å²) in [4.78, 5) is 76.4. The molecule has 2 saturated heterocycles. The predicted molar refractivity (Wildman–Crippen MR) is 257 cm³/mol. The Morgan fingerprint density at radius 1 is 0.884 bits per heavy atom. The molecule has 69 heavy (non-hydrogen) atoms. The average Bonchev–Trinajstić information content (AvgIpc) is 4.20. The molecule has 4 saturated carbocycles. The highest BCUT2D eigenvalue weighted by Gasteiger charge is 2.85. The summed E-state index contributed by atoms with van der Waals surface area (Å²) in [7, 11) is 0. The number of rotatable bonds is 21. The molecule has 5 aliphatic carbocycles. The first-order valence-corrected chi connectivity index (χ1v) is 26.4. The maximum Gasteiger partial charge on any atom is 0.407 e. The molecule has 0 radical (unpaired) electrons. The van der Waals surface area contributed by atoms with E-state index in [1.54, 1.807) is 13.0 Å². The standard InChI is InChI=1S/C51H77N5O12S/c1-29-25-38(66-43(60)30(29)2)48(5,63)50(65)21-20-49(64)34-27-39-51(68-39)37(17-16-36(57)47(51,4)33(34)18-19-46(49,50)3)67-45(62)54-24-11-7-10-23-52-40(58)14-8-6-9-22-53-41(59)15-12-13-31-26-32(31)42-35(28-69)55-44(61)56-42/h16-17,31-35,37-39,42,63-65,69H,6-15,18-28H2,1-5H3,(H,52,58)(H,53,59)(H,54,62)(H2,55,56,61)/t31?,32?,33-,34+,35?,37-,38?,39+,42?,46-,47-,48?,49+,50-,51+/m0/s1. The van der Waals surface area contributed by atoms with Crippen LogP contribution in [0.25, 0.3) is 0 Å². The third kappa shape index (κ3) is 9.02. The number of amides is 5. The van der Waals surface area contributed by atoms with E-state index in [1.165, 1.54) is 13.0 Å². The Balaban J connectivity index is 0.706. The number of aliphatic hydroxyl groups is 3. The van der Waals surface area contributed by atoms with Gasteiger partial charge in [0, 0.05) is 55.6 Å². The minimum atomic E-state index is -1.89. The maximum absolute atomic E-state index is 14.1. The Morgan fingerprint density at radius 3 is 2.23 bits per heavy atom. The second-order valence-electron chi connectivity index (χ2n) is 22.4. The largest absolute Gasteiger partial charge is 0.455 e. The fourth-order valence-corrected chi connectivity index (χ4v) is 14.5. The van der Waals surface area contributed by atoms with Crippen molar-refractivity contribution in [2.45, 2.75) is 197 Å². The van der Waals surface area contributed by atoms with Crippen LogP contribution >= 0.6 is 12.6 Å². The van der Waals surface area contributed by atoms with Crippen molar-refractivity contribution in [3.63, 3.8) is 0 Å². The maximum atomic E-state index is 14.1. The summed E-state index contributed by atoms with van der Waals surface area (Å²) in [6.45, 7) is 10.2. The van der Waals surface area contributed by atoms with Gasteiger partial charge in [-0.15, -0.1) is 0 Å². The molecule has 1 spiro atoms. The summed E-state index contributed by atoms with van der Waals surface area (Å²) in [5.74, 6) is 0.150. The zero-order valence-corrected chi connectivity index (χ0v) is 42.1. The summed E-state index contributed by atoms with van der Waals surface area (Å²) in [5.41, 5.74) is -7.35. The van der Waals surface area contributed by atoms with E-state index in [9.17, 15) is 44.1 Å². The second-order valence-corrected chi connectivity index (χ2v) is 22.8. The molecule has 6 fully saturated rings. The summed E-state index contributed by atoms with van der Waals surface area (Å²) in [6.07, 6.45) is 10.1. The van der Waals surface area contributed by atoms with Crippen molar-refractivity contribution >= 4 is 48.3 Å². The number of nitrogens with one attached hydrogen (secondary N) is 5. The molecule has 6 unspecified atom stereocenters. The van der Waals surface area contributed by atoms with Crippen LogP contribution in [0.5, 0.6) is 0 Å². The molecular weight excluding hydrogens is 907 g/mol. The molecule has 18 heteroatoms. The molecule has 3 aliphatic heterocycles. The van der Waals surface area contributed by atoms with Gasteiger partial charge in [-0.3, -0.25) is 14.4 Å². The molecule has 17 nitrogen and oxygen atoms in total. The van der Waals surface area contributed by atoms with Gasteiger partial charge in [-0.1, -0.05) is 18.9 Å². The van der Waals surface area contributed by atoms with Crippen LogP contribution in [0.2, 0.25) is 0 Å². The summed E-state index contributed by atoms with van der Waals surface area (Å²) in [5, 5.41) is 52.4. The smallest absolute Gasteiger partial charge is 0.407 e. The Kier molecular flexibility index (Phi) is 14.8. The number of unbranched alkanes of at least 4 members (excludes halogenated alkanes) is 4. The van der Waals surface area contributed by atoms with Crippen molar-refractivity contribution in [1.82, 2.24) is 26.6 Å². The summed E-state index contributed by atoms with van der Waals surface area (Å²) in [6, 6.07) is 0.0786. The lowest BCUT2D eigenvalue weighted by atomic mass is 9.42. The van der Waals surface area contributed by atoms with Crippen LogP contribution < -0.4 is 26.6 Å². The third-order valence-corrected chi connectivity index (χ3v) is 19.2. The fourth-order valence-electron chi connectivity index (χ4n) is 14.2. The molecule has 384 valence electrons. The van der Waals surface area contributed by atoms with Gasteiger partial charge in [0.25, 0.3) is 0 Å². The number of thiol groups is 1. The minimum absolute atomic E-state index is 0.00595. The van der Waals surface area contributed by atoms with Gasteiger partial charge in [-0.25, -0.2) is 14.4 Å². The number of esters is 1. The van der Waals surface area contributed by atoms with Crippen LogP contribution in [0.3, 0.4) is 0 Å². The normalized spacial score (nSPS) is 40.2. The van der Waals surface area contributed by atoms with E-state index >= 15 is 0 Å². The average molecular weight is 984 g/mol. The van der Waals surface area contributed by atoms with Gasteiger partial charge in [0.15, 0.2) is 11.9 Å². The van der Waals surface area contributed by atoms with Crippen molar-refractivity contribution < 1.29 is 58.3 Å². The number of hydrogen-bond donors (Lipinski definition) is 9. The van der Waals surface area contributed by atoms with E-state index in [-0.39, 0.29) is 60.9 Å². The first-order chi connectivity index (χ1) is 32.7. The highest BCUT2D eigenvalue weighted by molar-refractivity contribution is 7.80. The van der Waals surface area contributed by atoms with Gasteiger partial charge < -0.3 is 56.1 Å². The zero-order chi connectivity index (χ0) is 49.7. The molecule has 0 bridgehead atoms. The second kappa shape index (κ2) is 19.7. The lowest BCUT2D eigenvalue weighted by Crippen LogP contribution is -2.73. The van der Waals surface area contributed by atoms with E-state index < -0.39 is 69.5 Å². The van der Waals surface area contributed by atoms with Crippen molar-refractivity contribution in [3.05, 3.63) is 23.3 Å². The van der Waals surface area contributed by atoms with Crippen LogP contribution in [0.1, 0.15) is 144 Å². The zero-order valence-electron chi connectivity index (χ0n) is 41.2.